The molecule has 0 bridgehead atoms. The van der Waals surface area contributed by atoms with Gasteiger partial charge in [0.25, 0.3) is 0 Å². The lowest BCUT2D eigenvalue weighted by Gasteiger charge is -2.27. The van der Waals surface area contributed by atoms with Crippen LogP contribution in [0.4, 0.5) is 0 Å². The third kappa shape index (κ3) is 2.77. The number of H-pyrrole nitrogens is 1. The number of hydrogen-bond acceptors (Lipinski definition) is 4. The van der Waals surface area contributed by atoms with Gasteiger partial charge in [-0.15, -0.1) is 0 Å². The molecule has 0 radical (unpaired) electrons. The van der Waals surface area contributed by atoms with Crippen LogP contribution in [-0.2, 0) is 15.6 Å². The molecule has 0 amide bonds. The van der Waals surface area contributed by atoms with E-state index < -0.39 is 15.6 Å². The summed E-state index contributed by atoms with van der Waals surface area (Å²) in [5.41, 5.74) is 0.528. The molecule has 4 atom stereocenters. The van der Waals surface area contributed by atoms with Crippen molar-refractivity contribution in [1.82, 2.24) is 14.9 Å². The van der Waals surface area contributed by atoms with Crippen molar-refractivity contribution < 1.29 is 13.5 Å². The first-order chi connectivity index (χ1) is 12.9. The Morgan fingerprint density at radius 2 is 1.89 bits per heavy atom. The Hall–Kier alpha value is -1.93. The predicted octanol–water partition coefficient (Wildman–Crippen LogP) is 2.79. The average Bonchev–Trinajstić information content (AvgIpc) is 3.02. The van der Waals surface area contributed by atoms with E-state index >= 15 is 0 Å². The van der Waals surface area contributed by atoms with Crippen molar-refractivity contribution in [2.45, 2.75) is 29.4 Å². The number of halogens is 1. The standard InChI is InChI=1S/C19H18ClN3O3S/c20-11-6-16(15-10-21-22-17(15)7-11)19(24)8-13-14(9-19)18(13)23-27(25,26)12-4-2-1-3-5-12/h1-7,10,13-14,18,23-24H,8-9H2,(H,21,22)/t13-,14+,18+,19+. The third-order valence-electron chi connectivity index (χ3n) is 5.85. The lowest BCUT2D eigenvalue weighted by Crippen LogP contribution is -2.33. The first-order valence-corrected chi connectivity index (χ1v) is 10.7. The minimum absolute atomic E-state index is 0.120. The summed E-state index contributed by atoms with van der Waals surface area (Å²) in [4.78, 5) is 0.264. The largest absolute Gasteiger partial charge is 0.385 e. The zero-order valence-electron chi connectivity index (χ0n) is 14.3. The summed E-state index contributed by atoms with van der Waals surface area (Å²) in [6.07, 6.45) is 2.69. The van der Waals surface area contributed by atoms with Gasteiger partial charge in [0, 0.05) is 16.5 Å². The minimum atomic E-state index is -3.54. The van der Waals surface area contributed by atoms with E-state index in [9.17, 15) is 13.5 Å². The number of nitrogens with one attached hydrogen (secondary N) is 2. The number of hydrogen-bond donors (Lipinski definition) is 3. The molecule has 2 fully saturated rings. The van der Waals surface area contributed by atoms with E-state index in [2.05, 4.69) is 14.9 Å². The maximum Gasteiger partial charge on any atom is 0.240 e. The van der Waals surface area contributed by atoms with Gasteiger partial charge < -0.3 is 5.11 Å². The minimum Gasteiger partial charge on any atom is -0.385 e. The summed E-state index contributed by atoms with van der Waals surface area (Å²) in [6.45, 7) is 0. The lowest BCUT2D eigenvalue weighted by molar-refractivity contribution is 0.0303. The van der Waals surface area contributed by atoms with Crippen molar-refractivity contribution in [1.29, 1.82) is 0 Å². The van der Waals surface area contributed by atoms with Crippen LogP contribution in [0.1, 0.15) is 18.4 Å². The quantitative estimate of drug-likeness (QED) is 0.624. The van der Waals surface area contributed by atoms with Crippen LogP contribution in [0.5, 0.6) is 0 Å². The van der Waals surface area contributed by atoms with Gasteiger partial charge in [-0.25, -0.2) is 13.1 Å². The average molecular weight is 404 g/mol. The Morgan fingerprint density at radius 1 is 1.19 bits per heavy atom. The Morgan fingerprint density at radius 3 is 2.59 bits per heavy atom. The summed E-state index contributed by atoms with van der Waals surface area (Å²) in [6, 6.07) is 11.8. The molecule has 6 nitrogen and oxygen atoms in total. The van der Waals surface area contributed by atoms with Gasteiger partial charge in [0.05, 0.1) is 22.2 Å². The Bertz CT molecular complexity index is 1120. The van der Waals surface area contributed by atoms with Gasteiger partial charge in [0.1, 0.15) is 0 Å². The molecule has 5 rings (SSSR count). The second-order valence-corrected chi connectivity index (χ2v) is 9.66. The Labute approximate surface area is 161 Å². The number of fused-ring (bicyclic) bond motifs is 2. The third-order valence-corrected chi connectivity index (χ3v) is 7.54. The fraction of sp³-hybridized carbons (Fsp3) is 0.316. The molecule has 0 spiro atoms. The van der Waals surface area contributed by atoms with Crippen molar-refractivity contribution in [3.05, 3.63) is 59.2 Å². The Balaban J connectivity index is 1.37. The number of benzene rings is 2. The molecule has 1 aromatic heterocycles. The fourth-order valence-electron chi connectivity index (χ4n) is 4.51. The summed E-state index contributed by atoms with van der Waals surface area (Å²) in [7, 11) is -3.54. The van der Waals surface area contributed by atoms with Crippen molar-refractivity contribution in [2.24, 2.45) is 11.8 Å². The predicted molar refractivity (Wildman–Crippen MR) is 102 cm³/mol. The van der Waals surface area contributed by atoms with Crippen molar-refractivity contribution in [3.63, 3.8) is 0 Å². The molecule has 0 saturated heterocycles. The lowest BCUT2D eigenvalue weighted by atomic mass is 9.86. The van der Waals surface area contributed by atoms with Crippen molar-refractivity contribution in [3.8, 4) is 0 Å². The number of aliphatic hydroxyl groups is 1. The van der Waals surface area contributed by atoms with Gasteiger partial charge in [-0.05, 0) is 54.5 Å². The molecule has 2 aliphatic carbocycles. The number of rotatable bonds is 4. The first kappa shape index (κ1) is 17.2. The number of sulfonamides is 1. The molecule has 2 aromatic carbocycles. The monoisotopic (exact) mass is 403 g/mol. The van der Waals surface area contributed by atoms with Crippen molar-refractivity contribution in [2.75, 3.05) is 0 Å². The summed E-state index contributed by atoms with van der Waals surface area (Å²) in [5.74, 6) is 0.240. The highest BCUT2D eigenvalue weighted by molar-refractivity contribution is 7.89. The molecule has 3 aromatic rings. The normalized spacial score (nSPS) is 29.8. The van der Waals surface area contributed by atoms with E-state index in [0.29, 0.717) is 17.9 Å². The highest BCUT2D eigenvalue weighted by Crippen LogP contribution is 2.60. The van der Waals surface area contributed by atoms with E-state index in [0.717, 1.165) is 16.5 Å². The summed E-state index contributed by atoms with van der Waals surface area (Å²) < 4.78 is 27.9. The van der Waals surface area contributed by atoms with Crippen LogP contribution in [0.3, 0.4) is 0 Å². The molecular weight excluding hydrogens is 386 g/mol. The van der Waals surface area contributed by atoms with Crippen LogP contribution < -0.4 is 4.72 Å². The summed E-state index contributed by atoms with van der Waals surface area (Å²) >= 11 is 6.20. The van der Waals surface area contributed by atoms with E-state index in [1.807, 2.05) is 0 Å². The molecule has 0 unspecified atom stereocenters. The van der Waals surface area contributed by atoms with Gasteiger partial charge in [-0.1, -0.05) is 29.8 Å². The molecule has 2 saturated carbocycles. The van der Waals surface area contributed by atoms with Crippen LogP contribution in [-0.4, -0.2) is 29.8 Å². The molecule has 8 heteroatoms. The highest BCUT2D eigenvalue weighted by Gasteiger charge is 2.62. The number of aromatic nitrogens is 2. The number of nitrogens with zero attached hydrogens (tertiary/aromatic N) is 1. The van der Waals surface area contributed by atoms with Gasteiger partial charge in [0.2, 0.25) is 10.0 Å². The second-order valence-electron chi connectivity index (χ2n) is 7.51. The molecular formula is C19H18ClN3O3S. The van der Waals surface area contributed by atoms with Crippen LogP contribution in [0.25, 0.3) is 10.9 Å². The van der Waals surface area contributed by atoms with Gasteiger partial charge in [0.15, 0.2) is 0 Å². The van der Waals surface area contributed by atoms with Gasteiger partial charge in [-0.2, -0.15) is 5.10 Å². The maximum atomic E-state index is 12.5. The molecule has 1 heterocycles. The highest BCUT2D eigenvalue weighted by atomic mass is 35.5. The smallest absolute Gasteiger partial charge is 0.240 e. The second kappa shape index (κ2) is 5.78. The topological polar surface area (TPSA) is 95.1 Å². The first-order valence-electron chi connectivity index (χ1n) is 8.80. The van der Waals surface area contributed by atoms with Crippen LogP contribution in [0.15, 0.2) is 53.6 Å². The molecule has 2 aliphatic rings. The SMILES string of the molecule is O=S(=O)(N[C@H]1[C@@H]2C[C@@](O)(c3cc(Cl)cc4[nH]ncc34)C[C@@H]21)c1ccccc1. The van der Waals surface area contributed by atoms with Crippen LogP contribution in [0, 0.1) is 11.8 Å². The van der Waals surface area contributed by atoms with Crippen LogP contribution in [0.2, 0.25) is 5.02 Å². The van der Waals surface area contributed by atoms with E-state index in [-0.39, 0.29) is 22.8 Å². The van der Waals surface area contributed by atoms with E-state index in [1.54, 1.807) is 48.7 Å². The molecule has 140 valence electrons. The zero-order chi connectivity index (χ0) is 18.8. The fourth-order valence-corrected chi connectivity index (χ4v) is 6.09. The molecule has 3 N–H and O–H groups in total. The van der Waals surface area contributed by atoms with Gasteiger partial charge >= 0.3 is 0 Å². The zero-order valence-corrected chi connectivity index (χ0v) is 15.8. The van der Waals surface area contributed by atoms with Gasteiger partial charge in [-0.3, -0.25) is 5.10 Å². The van der Waals surface area contributed by atoms with E-state index in [1.165, 1.54) is 0 Å². The summed E-state index contributed by atoms with van der Waals surface area (Å²) in [5, 5.41) is 19.6. The molecule has 0 aliphatic heterocycles. The van der Waals surface area contributed by atoms with Crippen molar-refractivity contribution >= 4 is 32.5 Å². The Kier molecular flexibility index (Phi) is 3.68. The van der Waals surface area contributed by atoms with E-state index in [4.69, 9.17) is 11.6 Å². The molecule has 27 heavy (non-hydrogen) atoms. The van der Waals surface area contributed by atoms with Crippen LogP contribution >= 0.6 is 11.6 Å². The maximum absolute atomic E-state index is 12.5. The number of aromatic amines is 1.